The number of hydrogen-bond acceptors (Lipinski definition) is 3. The summed E-state index contributed by atoms with van der Waals surface area (Å²) >= 11 is 0. The van der Waals surface area contributed by atoms with Gasteiger partial charge in [0.15, 0.2) is 0 Å². The second-order valence-corrected chi connectivity index (χ2v) is 8.73. The molecule has 3 aromatic rings. The third kappa shape index (κ3) is 3.42. The minimum Gasteiger partial charge on any atom is -0.480 e. The zero-order chi connectivity index (χ0) is 22.4. The number of carbonyl (C=O) groups is 2. The lowest BCUT2D eigenvalue weighted by atomic mass is 9.91. The summed E-state index contributed by atoms with van der Waals surface area (Å²) in [6.07, 6.45) is 3.01. The number of halogens is 1. The number of carboxylic acid groups (broad SMARTS) is 1. The zero-order valence-electron chi connectivity index (χ0n) is 17.9. The molecule has 6 nitrogen and oxygen atoms in total. The summed E-state index contributed by atoms with van der Waals surface area (Å²) in [6.45, 7) is 1.85. The van der Waals surface area contributed by atoms with Crippen LogP contribution in [0, 0.1) is 5.82 Å². The molecule has 3 N–H and O–H groups in total. The van der Waals surface area contributed by atoms with Gasteiger partial charge in [-0.25, -0.2) is 9.18 Å². The van der Waals surface area contributed by atoms with Gasteiger partial charge in [-0.05, 0) is 61.1 Å². The number of carboxylic acids is 1. The van der Waals surface area contributed by atoms with Gasteiger partial charge in [0.1, 0.15) is 17.9 Å². The Morgan fingerprint density at radius 2 is 2.06 bits per heavy atom. The van der Waals surface area contributed by atoms with E-state index in [1.165, 1.54) is 12.1 Å². The number of carbonyl (C=O) groups excluding carboxylic acids is 1. The molecule has 5 rings (SSSR count). The normalized spacial score (nSPS) is 20.3. The number of amides is 1. The Morgan fingerprint density at radius 1 is 1.25 bits per heavy atom. The highest BCUT2D eigenvalue weighted by Gasteiger charge is 2.33. The smallest absolute Gasteiger partial charge is 0.326 e. The minimum atomic E-state index is -0.890. The van der Waals surface area contributed by atoms with E-state index in [2.05, 4.69) is 10.6 Å². The molecule has 2 unspecified atom stereocenters. The summed E-state index contributed by atoms with van der Waals surface area (Å²) in [5.41, 5.74) is 4.76. The number of rotatable bonds is 5. The maximum absolute atomic E-state index is 14.1. The monoisotopic (exact) mass is 435 g/mol. The van der Waals surface area contributed by atoms with Crippen LogP contribution >= 0.6 is 0 Å². The third-order valence-corrected chi connectivity index (χ3v) is 6.78. The fraction of sp³-hybridized carbons (Fsp3) is 0.360. The number of fused-ring (bicyclic) bond motifs is 4. The van der Waals surface area contributed by atoms with Crippen LogP contribution < -0.4 is 10.6 Å². The van der Waals surface area contributed by atoms with Crippen LogP contribution in [0.3, 0.4) is 0 Å². The van der Waals surface area contributed by atoms with Crippen LogP contribution in [0.5, 0.6) is 0 Å². The second kappa shape index (κ2) is 7.97. The van der Waals surface area contributed by atoms with Crippen molar-refractivity contribution in [2.45, 2.75) is 57.2 Å². The molecule has 0 radical (unpaired) electrons. The number of anilines is 1. The molecule has 166 valence electrons. The molecular weight excluding hydrogens is 409 g/mol. The molecule has 0 spiro atoms. The first-order chi connectivity index (χ1) is 15.5. The minimum absolute atomic E-state index is 0.0402. The number of benzene rings is 2. The van der Waals surface area contributed by atoms with Crippen molar-refractivity contribution in [1.29, 1.82) is 0 Å². The molecule has 0 fully saturated rings. The first-order valence-corrected chi connectivity index (χ1v) is 11.1. The highest BCUT2D eigenvalue weighted by Crippen LogP contribution is 2.36. The Kier molecular flexibility index (Phi) is 5.12. The number of nitrogens with one attached hydrogen (secondary N) is 2. The van der Waals surface area contributed by atoms with Crippen molar-refractivity contribution in [3.05, 3.63) is 65.1 Å². The van der Waals surface area contributed by atoms with E-state index in [0.29, 0.717) is 32.1 Å². The molecule has 2 aromatic carbocycles. The predicted octanol–water partition coefficient (Wildman–Crippen LogP) is 3.83. The van der Waals surface area contributed by atoms with Gasteiger partial charge in [-0.2, -0.15) is 0 Å². The topological polar surface area (TPSA) is 83.4 Å². The first kappa shape index (κ1) is 20.5. The van der Waals surface area contributed by atoms with E-state index in [9.17, 15) is 19.1 Å². The van der Waals surface area contributed by atoms with Crippen molar-refractivity contribution in [3.63, 3.8) is 0 Å². The molecule has 2 aliphatic rings. The van der Waals surface area contributed by atoms with Gasteiger partial charge in [0.2, 0.25) is 5.91 Å². The Labute approximate surface area is 185 Å². The average Bonchev–Trinajstić information content (AvgIpc) is 3.34. The number of para-hydroxylation sites is 1. The molecule has 3 atom stereocenters. The van der Waals surface area contributed by atoms with E-state index >= 15 is 0 Å². The van der Waals surface area contributed by atoms with Gasteiger partial charge in [-0.1, -0.05) is 25.1 Å². The van der Waals surface area contributed by atoms with E-state index in [1.54, 1.807) is 6.07 Å². The van der Waals surface area contributed by atoms with Crippen molar-refractivity contribution < 1.29 is 19.1 Å². The quantitative estimate of drug-likeness (QED) is 0.569. The van der Waals surface area contributed by atoms with Crippen LogP contribution in [0.1, 0.15) is 42.6 Å². The first-order valence-electron chi connectivity index (χ1n) is 11.1. The molecule has 1 aromatic heterocycles. The van der Waals surface area contributed by atoms with E-state index in [1.807, 2.05) is 35.8 Å². The van der Waals surface area contributed by atoms with Gasteiger partial charge in [0, 0.05) is 34.7 Å². The lowest BCUT2D eigenvalue weighted by molar-refractivity contribution is -0.141. The lowest BCUT2D eigenvalue weighted by Gasteiger charge is -2.27. The van der Waals surface area contributed by atoms with Gasteiger partial charge in [0.25, 0.3) is 0 Å². The second-order valence-electron chi connectivity index (χ2n) is 8.73. The molecule has 2 heterocycles. The summed E-state index contributed by atoms with van der Waals surface area (Å²) < 4.78 is 16.0. The van der Waals surface area contributed by atoms with Gasteiger partial charge in [-0.15, -0.1) is 0 Å². The third-order valence-electron chi connectivity index (χ3n) is 6.78. The highest BCUT2D eigenvalue weighted by atomic mass is 19.1. The molecule has 32 heavy (non-hydrogen) atoms. The molecule has 7 heteroatoms. The maximum atomic E-state index is 14.1. The fourth-order valence-electron chi connectivity index (χ4n) is 5.27. The fourth-order valence-corrected chi connectivity index (χ4v) is 5.27. The van der Waals surface area contributed by atoms with Gasteiger partial charge >= 0.3 is 5.97 Å². The van der Waals surface area contributed by atoms with E-state index in [0.717, 1.165) is 33.4 Å². The average molecular weight is 435 g/mol. The number of hydrogen-bond donors (Lipinski definition) is 3. The summed E-state index contributed by atoms with van der Waals surface area (Å²) in [4.78, 5) is 24.9. The van der Waals surface area contributed by atoms with E-state index < -0.39 is 12.0 Å². The molecule has 0 saturated carbocycles. The Bertz CT molecular complexity index is 1190. The highest BCUT2D eigenvalue weighted by molar-refractivity contribution is 5.89. The summed E-state index contributed by atoms with van der Waals surface area (Å²) in [7, 11) is 0. The standard InChI is InChI=1S/C25H26FN3O3/c1-2-21(25(31)32)29-22-9-7-15(26)12-17(22)18-13-16(8-10-23(18)29)27-24(30)20-11-14-5-3-4-6-19(14)28-20/h3-7,9,12,16,20-21,28H,2,8,10-11,13H2,1H3,(H,27,30)(H,31,32)/t16-,20?,21?/m0/s1. The zero-order valence-corrected chi connectivity index (χ0v) is 17.9. The summed E-state index contributed by atoms with van der Waals surface area (Å²) in [5.74, 6) is -1.28. The molecular formula is C25H26FN3O3. The number of nitrogens with zero attached hydrogens (tertiary/aromatic N) is 1. The van der Waals surface area contributed by atoms with Crippen LogP contribution in [-0.2, 0) is 28.9 Å². The van der Waals surface area contributed by atoms with Crippen molar-refractivity contribution in [2.24, 2.45) is 0 Å². The molecule has 1 amide bonds. The van der Waals surface area contributed by atoms with Crippen LogP contribution in [0.15, 0.2) is 42.5 Å². The SMILES string of the molecule is CCC(C(=O)O)n1c2c(c3cc(F)ccc31)C[C@@H](NC(=O)C1Cc3ccccc3N1)CC2. The van der Waals surface area contributed by atoms with Crippen molar-refractivity contribution in [2.75, 3.05) is 5.32 Å². The van der Waals surface area contributed by atoms with Crippen LogP contribution in [-0.4, -0.2) is 33.6 Å². The molecule has 0 saturated heterocycles. The summed E-state index contributed by atoms with van der Waals surface area (Å²) in [5, 5.41) is 17.0. The van der Waals surface area contributed by atoms with Gasteiger partial charge in [-0.3, -0.25) is 4.79 Å². The van der Waals surface area contributed by atoms with Crippen molar-refractivity contribution >= 4 is 28.5 Å². The molecule has 1 aliphatic heterocycles. The van der Waals surface area contributed by atoms with Crippen molar-refractivity contribution in [1.82, 2.24) is 9.88 Å². The van der Waals surface area contributed by atoms with E-state index in [4.69, 9.17) is 0 Å². The molecule has 0 bridgehead atoms. The Balaban J connectivity index is 1.41. The Hall–Kier alpha value is -3.35. The van der Waals surface area contributed by atoms with Crippen LogP contribution in [0.25, 0.3) is 10.9 Å². The number of aromatic nitrogens is 1. The number of aliphatic carboxylic acids is 1. The molecule has 1 aliphatic carbocycles. The van der Waals surface area contributed by atoms with Gasteiger partial charge < -0.3 is 20.3 Å². The lowest BCUT2D eigenvalue weighted by Crippen LogP contribution is -2.46. The summed E-state index contributed by atoms with van der Waals surface area (Å²) in [6, 6.07) is 11.4. The van der Waals surface area contributed by atoms with E-state index in [-0.39, 0.29) is 23.8 Å². The predicted molar refractivity (Wildman–Crippen MR) is 120 cm³/mol. The van der Waals surface area contributed by atoms with Crippen LogP contribution in [0.2, 0.25) is 0 Å². The van der Waals surface area contributed by atoms with Crippen LogP contribution in [0.4, 0.5) is 10.1 Å². The van der Waals surface area contributed by atoms with Gasteiger partial charge in [0.05, 0.1) is 0 Å². The van der Waals surface area contributed by atoms with Crippen molar-refractivity contribution in [3.8, 4) is 0 Å². The maximum Gasteiger partial charge on any atom is 0.326 e. The largest absolute Gasteiger partial charge is 0.480 e. The Morgan fingerprint density at radius 3 is 2.81 bits per heavy atom.